The van der Waals surface area contributed by atoms with Gasteiger partial charge in [-0.3, -0.25) is 9.11 Å². The van der Waals surface area contributed by atoms with Gasteiger partial charge in [-0.25, -0.2) is 0 Å². The molecule has 2 aromatic rings. The van der Waals surface area contributed by atoms with Gasteiger partial charge in [-0.2, -0.15) is 16.8 Å². The van der Waals surface area contributed by atoms with Crippen molar-refractivity contribution in [2.45, 2.75) is 49.3 Å². The van der Waals surface area contributed by atoms with Gasteiger partial charge in [0.05, 0.1) is 0 Å². The van der Waals surface area contributed by atoms with Crippen LogP contribution in [0.4, 0.5) is 11.4 Å². The Hall–Kier alpha value is -2.14. The number of rotatable bonds is 6. The molecule has 8 nitrogen and oxygen atoms in total. The van der Waals surface area contributed by atoms with Crippen molar-refractivity contribution in [1.29, 1.82) is 0 Å². The number of azo groups is 1. The van der Waals surface area contributed by atoms with E-state index in [4.69, 9.17) is 0 Å². The van der Waals surface area contributed by atoms with E-state index in [1.165, 1.54) is 12.1 Å². The highest BCUT2D eigenvalue weighted by Gasteiger charge is 2.24. The molecule has 0 heterocycles. The Balaban J connectivity index is 2.73. The summed E-state index contributed by atoms with van der Waals surface area (Å²) in [4.78, 5) is -0.774. The molecule has 0 aliphatic heterocycles. The fraction of sp³-hybridized carbons (Fsp3) is 0.333. The molecule has 0 amide bonds. The molecule has 152 valence electrons. The SMILES string of the molecule is CC(C)c1cccc(N=Nc2cccc(C(C)C)c2S(=O)(=O)O)c1S(=O)(=O)O. The monoisotopic (exact) mass is 426 g/mol. The Morgan fingerprint density at radius 2 is 1.00 bits per heavy atom. The third kappa shape index (κ3) is 4.82. The van der Waals surface area contributed by atoms with Crippen LogP contribution in [0.2, 0.25) is 0 Å². The molecule has 0 saturated heterocycles. The summed E-state index contributed by atoms with van der Waals surface area (Å²) < 4.78 is 66.8. The van der Waals surface area contributed by atoms with Crippen LogP contribution in [0.15, 0.2) is 56.4 Å². The molecule has 0 aromatic heterocycles. The zero-order valence-corrected chi connectivity index (χ0v) is 17.5. The molecule has 0 fully saturated rings. The predicted molar refractivity (Wildman–Crippen MR) is 105 cm³/mol. The quantitative estimate of drug-likeness (QED) is 0.501. The molecular formula is C18H22N2O6S2. The van der Waals surface area contributed by atoms with E-state index in [1.54, 1.807) is 52.0 Å². The summed E-state index contributed by atoms with van der Waals surface area (Å²) in [7, 11) is -9.19. The van der Waals surface area contributed by atoms with Gasteiger partial charge in [0.1, 0.15) is 21.2 Å². The Kier molecular flexibility index (Phi) is 6.39. The van der Waals surface area contributed by atoms with Gasteiger partial charge >= 0.3 is 0 Å². The second kappa shape index (κ2) is 8.08. The number of hydrogen-bond acceptors (Lipinski definition) is 6. The molecule has 0 aliphatic carbocycles. The van der Waals surface area contributed by atoms with Crippen LogP contribution in [-0.4, -0.2) is 25.9 Å². The minimum absolute atomic E-state index is 0.134. The van der Waals surface area contributed by atoms with E-state index in [0.717, 1.165) is 0 Å². The first-order valence-electron chi connectivity index (χ1n) is 8.46. The molecule has 2 N–H and O–H groups in total. The summed E-state index contributed by atoms with van der Waals surface area (Å²) in [6.07, 6.45) is 0. The van der Waals surface area contributed by atoms with Gasteiger partial charge < -0.3 is 0 Å². The van der Waals surface area contributed by atoms with Crippen molar-refractivity contribution in [3.05, 3.63) is 47.5 Å². The molecule has 0 unspecified atom stereocenters. The van der Waals surface area contributed by atoms with Crippen LogP contribution >= 0.6 is 0 Å². The minimum atomic E-state index is -4.60. The average Bonchev–Trinajstić information content (AvgIpc) is 2.57. The maximum atomic E-state index is 11.9. The zero-order valence-electron chi connectivity index (χ0n) is 15.9. The number of benzene rings is 2. The van der Waals surface area contributed by atoms with Gasteiger partial charge in [0.2, 0.25) is 0 Å². The van der Waals surface area contributed by atoms with E-state index >= 15 is 0 Å². The second-order valence-corrected chi connectivity index (χ2v) is 9.57. The van der Waals surface area contributed by atoms with Crippen LogP contribution in [0.25, 0.3) is 0 Å². The molecule has 0 spiro atoms. The van der Waals surface area contributed by atoms with Crippen LogP contribution < -0.4 is 0 Å². The second-order valence-electron chi connectivity index (χ2n) is 6.85. The molecule has 0 aliphatic rings. The van der Waals surface area contributed by atoms with Crippen LogP contribution in [0.5, 0.6) is 0 Å². The standard InChI is InChI=1S/C18H22N2O6S2/c1-11(2)13-7-5-9-15(17(13)27(21,22)23)19-20-16-10-6-8-14(12(3)4)18(16)28(24,25)26/h5-12H,1-4H3,(H,21,22,23)(H,24,25,26). The first kappa shape index (κ1) is 22.2. The summed E-state index contributed by atoms with van der Waals surface area (Å²) >= 11 is 0. The smallest absolute Gasteiger partial charge is 0.282 e. The van der Waals surface area contributed by atoms with Crippen LogP contribution in [0.3, 0.4) is 0 Å². The molecule has 2 aromatic carbocycles. The molecule has 0 atom stereocenters. The van der Waals surface area contributed by atoms with Gasteiger partial charge in [-0.05, 0) is 35.1 Å². The number of nitrogens with zero attached hydrogens (tertiary/aromatic N) is 2. The predicted octanol–water partition coefficient (Wildman–Crippen LogP) is 4.84. The highest BCUT2D eigenvalue weighted by molar-refractivity contribution is 7.86. The molecule has 28 heavy (non-hydrogen) atoms. The van der Waals surface area contributed by atoms with Crippen molar-refractivity contribution in [2.24, 2.45) is 10.2 Å². The summed E-state index contributed by atoms with van der Waals surface area (Å²) in [6, 6.07) is 8.92. The van der Waals surface area contributed by atoms with Gasteiger partial charge in [0.25, 0.3) is 20.2 Å². The van der Waals surface area contributed by atoms with Crippen molar-refractivity contribution in [1.82, 2.24) is 0 Å². The van der Waals surface area contributed by atoms with Gasteiger partial charge in [0.15, 0.2) is 0 Å². The van der Waals surface area contributed by atoms with Crippen LogP contribution in [0.1, 0.15) is 50.7 Å². The van der Waals surface area contributed by atoms with Gasteiger partial charge in [0, 0.05) is 0 Å². The molecule has 10 heteroatoms. The van der Waals surface area contributed by atoms with E-state index in [-0.39, 0.29) is 33.0 Å². The summed E-state index contributed by atoms with van der Waals surface area (Å²) in [6.45, 7) is 7.03. The third-order valence-electron chi connectivity index (χ3n) is 4.07. The van der Waals surface area contributed by atoms with E-state index in [1.807, 2.05) is 0 Å². The van der Waals surface area contributed by atoms with E-state index in [9.17, 15) is 25.9 Å². The lowest BCUT2D eigenvalue weighted by Crippen LogP contribution is -2.05. The molecule has 0 radical (unpaired) electrons. The maximum Gasteiger partial charge on any atom is 0.297 e. The fourth-order valence-corrected chi connectivity index (χ4v) is 4.77. The maximum absolute atomic E-state index is 11.9. The van der Waals surface area contributed by atoms with Crippen molar-refractivity contribution in [2.75, 3.05) is 0 Å². The Labute approximate surface area is 164 Å². The minimum Gasteiger partial charge on any atom is -0.282 e. The summed E-state index contributed by atoms with van der Waals surface area (Å²) in [5.41, 5.74) is 0.435. The van der Waals surface area contributed by atoms with Crippen molar-refractivity contribution < 1.29 is 25.9 Å². The number of hydrogen-bond donors (Lipinski definition) is 2. The topological polar surface area (TPSA) is 133 Å². The molecule has 0 saturated carbocycles. The van der Waals surface area contributed by atoms with Crippen LogP contribution in [0, 0.1) is 0 Å². The summed E-state index contributed by atoms with van der Waals surface area (Å²) in [5.74, 6) is -0.436. The average molecular weight is 427 g/mol. The van der Waals surface area contributed by atoms with E-state index in [2.05, 4.69) is 10.2 Å². The highest BCUT2D eigenvalue weighted by Crippen LogP contribution is 2.36. The first-order chi connectivity index (χ1) is 12.8. The van der Waals surface area contributed by atoms with E-state index < -0.39 is 20.2 Å². The Morgan fingerprint density at radius 1 is 0.679 bits per heavy atom. The lowest BCUT2D eigenvalue weighted by molar-refractivity contribution is 0.479. The largest absolute Gasteiger partial charge is 0.297 e. The molecule has 2 rings (SSSR count). The van der Waals surface area contributed by atoms with Gasteiger partial charge in [-0.15, -0.1) is 10.2 Å². The fourth-order valence-electron chi connectivity index (χ4n) is 2.82. The van der Waals surface area contributed by atoms with Crippen molar-refractivity contribution >= 4 is 31.6 Å². The third-order valence-corrected chi connectivity index (χ3v) is 6.00. The van der Waals surface area contributed by atoms with Crippen molar-refractivity contribution in [3.8, 4) is 0 Å². The lowest BCUT2D eigenvalue weighted by atomic mass is 10.0. The van der Waals surface area contributed by atoms with E-state index in [0.29, 0.717) is 11.1 Å². The van der Waals surface area contributed by atoms with Crippen LogP contribution in [-0.2, 0) is 20.2 Å². The Morgan fingerprint density at radius 3 is 1.25 bits per heavy atom. The normalized spacial score (nSPS) is 13.0. The molecular weight excluding hydrogens is 404 g/mol. The highest BCUT2D eigenvalue weighted by atomic mass is 32.2. The Bertz CT molecular complexity index is 1030. The zero-order chi connectivity index (χ0) is 21.3. The summed E-state index contributed by atoms with van der Waals surface area (Å²) in [5, 5.41) is 7.74. The lowest BCUT2D eigenvalue weighted by Gasteiger charge is -2.13. The van der Waals surface area contributed by atoms with Gasteiger partial charge in [-0.1, -0.05) is 52.0 Å². The first-order valence-corrected chi connectivity index (χ1v) is 11.3. The van der Waals surface area contributed by atoms with Crippen molar-refractivity contribution in [3.63, 3.8) is 0 Å². The molecule has 0 bridgehead atoms.